The molecule has 0 atom stereocenters. The third-order valence-electron chi connectivity index (χ3n) is 3.40. The molecule has 122 valence electrons. The minimum absolute atomic E-state index is 0.0372. The molecular formula is C17H20ClN3O2. The topological polar surface area (TPSA) is 68.4 Å². The lowest BCUT2D eigenvalue weighted by Gasteiger charge is -2.22. The molecule has 6 heteroatoms. The second-order valence-corrected chi connectivity index (χ2v) is 5.52. The second kappa shape index (κ2) is 8.62. The maximum atomic E-state index is 9.07. The summed E-state index contributed by atoms with van der Waals surface area (Å²) in [6.07, 6.45) is 0. The van der Waals surface area contributed by atoms with Gasteiger partial charge in [0.25, 0.3) is 0 Å². The number of hydrogen-bond acceptors (Lipinski definition) is 5. The molecule has 0 heterocycles. The maximum Gasteiger partial charge on any atom is 0.0901 e. The Morgan fingerprint density at radius 3 is 2.22 bits per heavy atom. The number of rotatable bonds is 7. The average molecular weight is 334 g/mol. The lowest BCUT2D eigenvalue weighted by atomic mass is 10.2. The van der Waals surface area contributed by atoms with Crippen molar-refractivity contribution >= 4 is 28.7 Å². The van der Waals surface area contributed by atoms with Crippen LogP contribution in [0.2, 0.25) is 5.02 Å². The number of anilines is 1. The van der Waals surface area contributed by atoms with Gasteiger partial charge in [-0.2, -0.15) is 10.2 Å². The summed E-state index contributed by atoms with van der Waals surface area (Å²) in [4.78, 5) is 1.90. The van der Waals surface area contributed by atoms with Crippen molar-refractivity contribution in [1.29, 1.82) is 0 Å². The zero-order valence-corrected chi connectivity index (χ0v) is 13.7. The number of azo groups is 1. The predicted octanol–water partition coefficient (Wildman–Crippen LogP) is 3.85. The lowest BCUT2D eigenvalue weighted by Crippen LogP contribution is -2.29. The summed E-state index contributed by atoms with van der Waals surface area (Å²) in [7, 11) is 0. The second-order valence-electron chi connectivity index (χ2n) is 5.08. The van der Waals surface area contributed by atoms with Gasteiger partial charge in [0.05, 0.1) is 24.6 Å². The molecule has 0 amide bonds. The van der Waals surface area contributed by atoms with Crippen LogP contribution >= 0.6 is 11.6 Å². The molecule has 23 heavy (non-hydrogen) atoms. The number of aliphatic hydroxyl groups excluding tert-OH is 2. The quantitative estimate of drug-likeness (QED) is 0.756. The summed E-state index contributed by atoms with van der Waals surface area (Å²) >= 11 is 5.97. The van der Waals surface area contributed by atoms with Crippen LogP contribution in [0.4, 0.5) is 17.1 Å². The van der Waals surface area contributed by atoms with Crippen LogP contribution in [0.15, 0.2) is 52.7 Å². The molecule has 0 saturated heterocycles. The molecule has 0 spiro atoms. The Hall–Kier alpha value is -1.95. The third kappa shape index (κ3) is 5.03. The summed E-state index contributed by atoms with van der Waals surface area (Å²) in [5.41, 5.74) is 3.39. The summed E-state index contributed by atoms with van der Waals surface area (Å²) in [6, 6.07) is 13.0. The first-order valence-electron chi connectivity index (χ1n) is 7.38. The zero-order valence-electron chi connectivity index (χ0n) is 13.0. The molecule has 2 rings (SSSR count). The van der Waals surface area contributed by atoms with Gasteiger partial charge in [0, 0.05) is 23.8 Å². The van der Waals surface area contributed by atoms with Crippen LogP contribution < -0.4 is 4.90 Å². The van der Waals surface area contributed by atoms with Crippen LogP contribution in [0.5, 0.6) is 0 Å². The molecule has 2 aromatic carbocycles. The van der Waals surface area contributed by atoms with E-state index in [0.29, 0.717) is 18.1 Å². The van der Waals surface area contributed by atoms with Gasteiger partial charge in [-0.25, -0.2) is 0 Å². The molecule has 0 aliphatic heterocycles. The predicted molar refractivity (Wildman–Crippen MR) is 93.2 cm³/mol. The van der Waals surface area contributed by atoms with E-state index >= 15 is 0 Å². The molecule has 0 bridgehead atoms. The highest BCUT2D eigenvalue weighted by Crippen LogP contribution is 2.26. The van der Waals surface area contributed by atoms with Crippen molar-refractivity contribution in [2.45, 2.75) is 6.92 Å². The van der Waals surface area contributed by atoms with Crippen molar-refractivity contribution < 1.29 is 10.2 Å². The normalized spacial score (nSPS) is 11.1. The van der Waals surface area contributed by atoms with Crippen molar-refractivity contribution in [3.8, 4) is 0 Å². The molecule has 0 fully saturated rings. The number of aryl methyl sites for hydroxylation is 1. The largest absolute Gasteiger partial charge is 0.395 e. The Balaban J connectivity index is 2.12. The lowest BCUT2D eigenvalue weighted by molar-refractivity contribution is 0.281. The van der Waals surface area contributed by atoms with Crippen molar-refractivity contribution in [3.05, 3.63) is 53.1 Å². The van der Waals surface area contributed by atoms with Crippen LogP contribution in [0.25, 0.3) is 0 Å². The Morgan fingerprint density at radius 2 is 1.61 bits per heavy atom. The molecule has 0 aliphatic rings. The average Bonchev–Trinajstić information content (AvgIpc) is 2.56. The molecule has 5 nitrogen and oxygen atoms in total. The molecule has 0 aliphatic carbocycles. The van der Waals surface area contributed by atoms with Gasteiger partial charge >= 0.3 is 0 Å². The van der Waals surface area contributed by atoms with Gasteiger partial charge in [-0.15, -0.1) is 0 Å². The van der Waals surface area contributed by atoms with E-state index < -0.39 is 0 Å². The number of hydrogen-bond donors (Lipinski definition) is 2. The molecular weight excluding hydrogens is 314 g/mol. The fourth-order valence-electron chi connectivity index (χ4n) is 2.14. The van der Waals surface area contributed by atoms with E-state index in [1.807, 2.05) is 48.2 Å². The van der Waals surface area contributed by atoms with Crippen LogP contribution in [-0.2, 0) is 0 Å². The van der Waals surface area contributed by atoms with Gasteiger partial charge in [-0.1, -0.05) is 17.7 Å². The van der Waals surface area contributed by atoms with E-state index in [9.17, 15) is 0 Å². The van der Waals surface area contributed by atoms with Gasteiger partial charge in [0.2, 0.25) is 0 Å². The van der Waals surface area contributed by atoms with Crippen LogP contribution in [-0.4, -0.2) is 36.5 Å². The van der Waals surface area contributed by atoms with Crippen molar-refractivity contribution in [3.63, 3.8) is 0 Å². The number of benzene rings is 2. The SMILES string of the molecule is Cc1ccc(Cl)cc1N=Nc1ccc(N(CCO)CCO)cc1. The van der Waals surface area contributed by atoms with Crippen LogP contribution in [0.3, 0.4) is 0 Å². The van der Waals surface area contributed by atoms with Gasteiger partial charge in [0.15, 0.2) is 0 Å². The zero-order chi connectivity index (χ0) is 16.7. The van der Waals surface area contributed by atoms with E-state index in [0.717, 1.165) is 22.6 Å². The van der Waals surface area contributed by atoms with E-state index in [-0.39, 0.29) is 13.2 Å². The highest BCUT2D eigenvalue weighted by atomic mass is 35.5. The first-order chi connectivity index (χ1) is 11.1. The maximum absolute atomic E-state index is 9.07. The van der Waals surface area contributed by atoms with E-state index in [2.05, 4.69) is 10.2 Å². The van der Waals surface area contributed by atoms with Crippen molar-refractivity contribution in [2.24, 2.45) is 10.2 Å². The van der Waals surface area contributed by atoms with Crippen LogP contribution in [0.1, 0.15) is 5.56 Å². The van der Waals surface area contributed by atoms with Gasteiger partial charge in [-0.05, 0) is 48.9 Å². The minimum atomic E-state index is 0.0372. The standard InChI is InChI=1S/C17H20ClN3O2/c1-13-2-3-14(18)12-17(13)20-19-15-4-6-16(7-5-15)21(8-10-22)9-11-23/h2-7,12,22-23H,8-11H2,1H3. The van der Waals surface area contributed by atoms with E-state index in [4.69, 9.17) is 21.8 Å². The Morgan fingerprint density at radius 1 is 0.957 bits per heavy atom. The monoisotopic (exact) mass is 333 g/mol. The number of halogens is 1. The summed E-state index contributed by atoms with van der Waals surface area (Å²) < 4.78 is 0. The summed E-state index contributed by atoms with van der Waals surface area (Å²) in [6.45, 7) is 2.98. The van der Waals surface area contributed by atoms with Crippen molar-refractivity contribution in [2.75, 3.05) is 31.2 Å². The van der Waals surface area contributed by atoms with Gasteiger partial charge < -0.3 is 15.1 Å². The number of nitrogens with zero attached hydrogens (tertiary/aromatic N) is 3. The highest BCUT2D eigenvalue weighted by molar-refractivity contribution is 6.30. The molecule has 0 saturated carbocycles. The molecule has 2 N–H and O–H groups in total. The Labute approximate surface area is 140 Å². The van der Waals surface area contributed by atoms with Crippen LogP contribution in [0, 0.1) is 6.92 Å². The minimum Gasteiger partial charge on any atom is -0.395 e. The van der Waals surface area contributed by atoms with E-state index in [1.165, 1.54) is 0 Å². The summed E-state index contributed by atoms with van der Waals surface area (Å²) in [5.74, 6) is 0. The van der Waals surface area contributed by atoms with E-state index in [1.54, 1.807) is 6.07 Å². The third-order valence-corrected chi connectivity index (χ3v) is 3.63. The number of aliphatic hydroxyl groups is 2. The molecule has 0 aromatic heterocycles. The highest BCUT2D eigenvalue weighted by Gasteiger charge is 2.05. The van der Waals surface area contributed by atoms with Gasteiger partial charge in [-0.3, -0.25) is 0 Å². The fourth-order valence-corrected chi connectivity index (χ4v) is 2.31. The van der Waals surface area contributed by atoms with Crippen molar-refractivity contribution in [1.82, 2.24) is 0 Å². The molecule has 2 aromatic rings. The van der Waals surface area contributed by atoms with Gasteiger partial charge in [0.1, 0.15) is 0 Å². The fraction of sp³-hybridized carbons (Fsp3) is 0.294. The molecule has 0 unspecified atom stereocenters. The smallest absolute Gasteiger partial charge is 0.0901 e. The first kappa shape index (κ1) is 17.4. The summed E-state index contributed by atoms with van der Waals surface area (Å²) in [5, 5.41) is 27.2. The molecule has 0 radical (unpaired) electrons. The first-order valence-corrected chi connectivity index (χ1v) is 7.76. The Bertz CT molecular complexity index is 653. The Kier molecular flexibility index (Phi) is 6.52.